The molecule has 0 unspecified atom stereocenters. The Morgan fingerprint density at radius 3 is 2.41 bits per heavy atom. The van der Waals surface area contributed by atoms with Crippen LogP contribution >= 0.6 is 0 Å². The van der Waals surface area contributed by atoms with Crippen LogP contribution < -0.4 is 5.73 Å². The molecule has 0 spiro atoms. The van der Waals surface area contributed by atoms with E-state index in [1.807, 2.05) is 13.8 Å². The molecule has 1 amide bonds. The minimum atomic E-state index is -0.220. The standard InChI is InChI=1S/C13H28N2O2/c1-6-7-15(10-13(4,5)9-14)12(16)17-8-11(2)3/h11H,6-10,14H2,1-5H3. The summed E-state index contributed by atoms with van der Waals surface area (Å²) in [5.41, 5.74) is 5.63. The molecule has 4 heteroatoms. The van der Waals surface area contributed by atoms with Gasteiger partial charge in [-0.05, 0) is 24.3 Å². The molecule has 2 N–H and O–H groups in total. The fraction of sp³-hybridized carbons (Fsp3) is 0.923. The number of rotatable bonds is 7. The van der Waals surface area contributed by atoms with Crippen molar-refractivity contribution in [2.75, 3.05) is 26.2 Å². The lowest BCUT2D eigenvalue weighted by Crippen LogP contribution is -2.42. The van der Waals surface area contributed by atoms with Gasteiger partial charge in [-0.25, -0.2) is 4.79 Å². The van der Waals surface area contributed by atoms with Crippen LogP contribution in [0.15, 0.2) is 0 Å². The summed E-state index contributed by atoms with van der Waals surface area (Å²) >= 11 is 0. The van der Waals surface area contributed by atoms with Crippen LogP contribution in [-0.4, -0.2) is 37.2 Å². The lowest BCUT2D eigenvalue weighted by molar-refractivity contribution is 0.0789. The molecule has 4 nitrogen and oxygen atoms in total. The number of nitrogens with zero attached hydrogens (tertiary/aromatic N) is 1. The Morgan fingerprint density at radius 1 is 1.41 bits per heavy atom. The van der Waals surface area contributed by atoms with E-state index in [9.17, 15) is 4.79 Å². The number of amides is 1. The molecule has 0 radical (unpaired) electrons. The minimum absolute atomic E-state index is 0.0635. The highest BCUT2D eigenvalue weighted by Gasteiger charge is 2.24. The zero-order valence-corrected chi connectivity index (χ0v) is 12.0. The Labute approximate surface area is 105 Å². The molecule has 0 aromatic heterocycles. The van der Waals surface area contributed by atoms with Crippen LogP contribution in [0.4, 0.5) is 4.79 Å². The van der Waals surface area contributed by atoms with Gasteiger partial charge in [-0.15, -0.1) is 0 Å². The highest BCUT2D eigenvalue weighted by atomic mass is 16.6. The van der Waals surface area contributed by atoms with E-state index in [1.165, 1.54) is 0 Å². The third-order valence-corrected chi connectivity index (χ3v) is 2.46. The normalized spacial score (nSPS) is 11.7. The molecule has 102 valence electrons. The average Bonchev–Trinajstić information content (AvgIpc) is 2.25. The van der Waals surface area contributed by atoms with Gasteiger partial charge in [0, 0.05) is 13.1 Å². The van der Waals surface area contributed by atoms with Crippen molar-refractivity contribution in [1.82, 2.24) is 4.90 Å². The van der Waals surface area contributed by atoms with Gasteiger partial charge in [0.2, 0.25) is 0 Å². The molecule has 0 saturated heterocycles. The molecular weight excluding hydrogens is 216 g/mol. The van der Waals surface area contributed by atoms with E-state index in [0.29, 0.717) is 25.6 Å². The van der Waals surface area contributed by atoms with Gasteiger partial charge >= 0.3 is 6.09 Å². The van der Waals surface area contributed by atoms with Crippen molar-refractivity contribution in [2.24, 2.45) is 17.1 Å². The van der Waals surface area contributed by atoms with Gasteiger partial charge in [0.15, 0.2) is 0 Å². The topological polar surface area (TPSA) is 55.6 Å². The summed E-state index contributed by atoms with van der Waals surface area (Å²) in [4.78, 5) is 13.7. The van der Waals surface area contributed by atoms with E-state index >= 15 is 0 Å². The van der Waals surface area contributed by atoms with Crippen LogP contribution in [0, 0.1) is 11.3 Å². The van der Waals surface area contributed by atoms with Crippen LogP contribution in [0.1, 0.15) is 41.0 Å². The fourth-order valence-corrected chi connectivity index (χ4v) is 1.42. The second-order valence-corrected chi connectivity index (χ2v) is 5.76. The van der Waals surface area contributed by atoms with Gasteiger partial charge in [-0.1, -0.05) is 34.6 Å². The predicted molar refractivity (Wildman–Crippen MR) is 70.9 cm³/mol. The first-order valence-electron chi connectivity index (χ1n) is 6.44. The number of carbonyl (C=O) groups excluding carboxylic acids is 1. The summed E-state index contributed by atoms with van der Waals surface area (Å²) in [6.07, 6.45) is 0.708. The molecule has 0 saturated carbocycles. The van der Waals surface area contributed by atoms with Gasteiger partial charge in [0.05, 0.1) is 6.61 Å². The average molecular weight is 244 g/mol. The Kier molecular flexibility index (Phi) is 7.19. The van der Waals surface area contributed by atoms with E-state index in [1.54, 1.807) is 4.90 Å². The molecule has 0 aliphatic heterocycles. The summed E-state index contributed by atoms with van der Waals surface area (Å²) in [5.74, 6) is 0.366. The largest absolute Gasteiger partial charge is 0.449 e. The molecule has 0 fully saturated rings. The van der Waals surface area contributed by atoms with E-state index < -0.39 is 0 Å². The molecular formula is C13H28N2O2. The molecule has 0 aromatic carbocycles. The molecule has 0 aliphatic carbocycles. The Bertz CT molecular complexity index is 227. The van der Waals surface area contributed by atoms with Gasteiger partial charge in [0.25, 0.3) is 0 Å². The number of hydrogen-bond donors (Lipinski definition) is 1. The van der Waals surface area contributed by atoms with Crippen LogP contribution in [-0.2, 0) is 4.74 Å². The van der Waals surface area contributed by atoms with Crippen molar-refractivity contribution < 1.29 is 9.53 Å². The molecule has 0 rings (SSSR count). The van der Waals surface area contributed by atoms with E-state index in [-0.39, 0.29) is 11.5 Å². The van der Waals surface area contributed by atoms with Crippen molar-refractivity contribution in [3.8, 4) is 0 Å². The number of carbonyl (C=O) groups is 1. The monoisotopic (exact) mass is 244 g/mol. The highest BCUT2D eigenvalue weighted by molar-refractivity contribution is 5.67. The summed E-state index contributed by atoms with van der Waals surface area (Å²) in [6.45, 7) is 12.6. The fourth-order valence-electron chi connectivity index (χ4n) is 1.42. The Morgan fingerprint density at radius 2 is 2.00 bits per heavy atom. The maximum absolute atomic E-state index is 11.9. The molecule has 0 bridgehead atoms. The third-order valence-electron chi connectivity index (χ3n) is 2.46. The van der Waals surface area contributed by atoms with Gasteiger partial charge < -0.3 is 15.4 Å². The Hall–Kier alpha value is -0.770. The number of nitrogens with two attached hydrogens (primary N) is 1. The van der Waals surface area contributed by atoms with Crippen molar-refractivity contribution in [2.45, 2.75) is 41.0 Å². The van der Waals surface area contributed by atoms with Crippen LogP contribution in [0.2, 0.25) is 0 Å². The second-order valence-electron chi connectivity index (χ2n) is 5.76. The molecule has 0 heterocycles. The van der Waals surface area contributed by atoms with Crippen molar-refractivity contribution in [1.29, 1.82) is 0 Å². The first-order chi connectivity index (χ1) is 7.82. The second kappa shape index (κ2) is 7.54. The van der Waals surface area contributed by atoms with Crippen molar-refractivity contribution >= 4 is 6.09 Å². The zero-order valence-electron chi connectivity index (χ0n) is 12.0. The summed E-state index contributed by atoms with van der Waals surface area (Å²) in [7, 11) is 0. The lowest BCUT2D eigenvalue weighted by atomic mass is 9.93. The smallest absolute Gasteiger partial charge is 0.409 e. The number of ether oxygens (including phenoxy) is 1. The summed E-state index contributed by atoms with van der Waals surface area (Å²) in [5, 5.41) is 0. The molecule has 0 aromatic rings. The quantitative estimate of drug-likeness (QED) is 0.748. The SMILES string of the molecule is CCCN(CC(C)(C)CN)C(=O)OCC(C)C. The maximum Gasteiger partial charge on any atom is 0.409 e. The van der Waals surface area contributed by atoms with Crippen molar-refractivity contribution in [3.63, 3.8) is 0 Å². The van der Waals surface area contributed by atoms with E-state index in [2.05, 4.69) is 20.8 Å². The van der Waals surface area contributed by atoms with Crippen LogP contribution in [0.3, 0.4) is 0 Å². The molecule has 17 heavy (non-hydrogen) atoms. The van der Waals surface area contributed by atoms with Gasteiger partial charge in [0.1, 0.15) is 0 Å². The highest BCUT2D eigenvalue weighted by Crippen LogP contribution is 2.16. The van der Waals surface area contributed by atoms with Crippen molar-refractivity contribution in [3.05, 3.63) is 0 Å². The third kappa shape index (κ3) is 7.21. The molecule has 0 aliphatic rings. The zero-order chi connectivity index (χ0) is 13.5. The van der Waals surface area contributed by atoms with E-state index in [4.69, 9.17) is 10.5 Å². The van der Waals surface area contributed by atoms with Gasteiger partial charge in [-0.2, -0.15) is 0 Å². The minimum Gasteiger partial charge on any atom is -0.449 e. The van der Waals surface area contributed by atoms with Crippen LogP contribution in [0.5, 0.6) is 0 Å². The van der Waals surface area contributed by atoms with Crippen LogP contribution in [0.25, 0.3) is 0 Å². The van der Waals surface area contributed by atoms with Gasteiger partial charge in [-0.3, -0.25) is 0 Å². The Balaban J connectivity index is 4.35. The van der Waals surface area contributed by atoms with E-state index in [0.717, 1.165) is 13.0 Å². The summed E-state index contributed by atoms with van der Waals surface area (Å²) in [6, 6.07) is 0. The number of hydrogen-bond acceptors (Lipinski definition) is 3. The summed E-state index contributed by atoms with van der Waals surface area (Å²) < 4.78 is 5.25. The maximum atomic E-state index is 11.9. The first-order valence-corrected chi connectivity index (χ1v) is 6.44. The molecule has 0 atom stereocenters. The first kappa shape index (κ1) is 16.2. The lowest BCUT2D eigenvalue weighted by Gasteiger charge is -2.31. The predicted octanol–water partition coefficient (Wildman–Crippen LogP) is 2.48.